The molecule has 1 saturated carbocycles. The van der Waals surface area contributed by atoms with Crippen molar-refractivity contribution < 1.29 is 4.79 Å². The van der Waals surface area contributed by atoms with Crippen LogP contribution in [0.4, 0.5) is 0 Å². The van der Waals surface area contributed by atoms with Gasteiger partial charge in [0.15, 0.2) is 0 Å². The van der Waals surface area contributed by atoms with Crippen molar-refractivity contribution in [2.75, 3.05) is 5.33 Å². The molecule has 0 saturated heterocycles. The third-order valence-electron chi connectivity index (χ3n) is 3.69. The Labute approximate surface area is 127 Å². The van der Waals surface area contributed by atoms with Crippen molar-refractivity contribution in [1.29, 1.82) is 0 Å². The number of carbonyl (C=O) groups is 1. The van der Waals surface area contributed by atoms with Gasteiger partial charge < -0.3 is 5.32 Å². The van der Waals surface area contributed by atoms with Crippen LogP contribution >= 0.6 is 27.5 Å². The predicted molar refractivity (Wildman–Crippen MR) is 80.9 cm³/mol. The lowest BCUT2D eigenvalue weighted by Gasteiger charge is -2.39. The molecule has 0 spiro atoms. The van der Waals surface area contributed by atoms with Crippen LogP contribution in [0.1, 0.15) is 43.1 Å². The maximum absolute atomic E-state index is 12.3. The van der Waals surface area contributed by atoms with Crippen LogP contribution in [0.15, 0.2) is 18.3 Å². The normalized spacial score (nSPS) is 27.0. The summed E-state index contributed by atoms with van der Waals surface area (Å²) in [6.45, 7) is 2.24. The molecule has 1 aliphatic rings. The van der Waals surface area contributed by atoms with Gasteiger partial charge in [-0.15, -0.1) is 0 Å². The summed E-state index contributed by atoms with van der Waals surface area (Å²) in [6, 6.07) is 3.35. The summed E-state index contributed by atoms with van der Waals surface area (Å²) in [5, 5.41) is 4.48. The van der Waals surface area contributed by atoms with Crippen molar-refractivity contribution in [2.24, 2.45) is 5.92 Å². The summed E-state index contributed by atoms with van der Waals surface area (Å²) < 4.78 is 0. The fourth-order valence-corrected chi connectivity index (χ4v) is 3.50. The average molecular weight is 346 g/mol. The topological polar surface area (TPSA) is 42.0 Å². The fourth-order valence-electron chi connectivity index (χ4n) is 2.74. The van der Waals surface area contributed by atoms with Gasteiger partial charge in [-0.3, -0.25) is 4.79 Å². The highest BCUT2D eigenvalue weighted by atomic mass is 79.9. The van der Waals surface area contributed by atoms with Gasteiger partial charge in [0.05, 0.1) is 10.6 Å². The number of amides is 1. The molecule has 1 heterocycles. The number of carbonyl (C=O) groups excluding carboxylic acids is 1. The van der Waals surface area contributed by atoms with Crippen molar-refractivity contribution in [3.63, 3.8) is 0 Å². The molecule has 1 aromatic rings. The van der Waals surface area contributed by atoms with Gasteiger partial charge in [0.25, 0.3) is 5.91 Å². The number of nitrogens with one attached hydrogen (secondary N) is 1. The number of hydrogen-bond donors (Lipinski definition) is 1. The van der Waals surface area contributed by atoms with Crippen molar-refractivity contribution >= 4 is 33.4 Å². The second-order valence-corrected chi connectivity index (χ2v) is 6.43. The van der Waals surface area contributed by atoms with Gasteiger partial charge in [-0.05, 0) is 30.9 Å². The van der Waals surface area contributed by atoms with Crippen molar-refractivity contribution in [3.05, 3.63) is 29.0 Å². The molecular formula is C14H18BrClN2O. The summed E-state index contributed by atoms with van der Waals surface area (Å²) in [7, 11) is 0. The van der Waals surface area contributed by atoms with Crippen LogP contribution < -0.4 is 5.32 Å². The second kappa shape index (κ2) is 6.23. The minimum atomic E-state index is -0.143. The van der Waals surface area contributed by atoms with Crippen LogP contribution in [0, 0.1) is 5.92 Å². The first kappa shape index (κ1) is 14.8. The van der Waals surface area contributed by atoms with E-state index in [-0.39, 0.29) is 11.4 Å². The summed E-state index contributed by atoms with van der Waals surface area (Å²) in [6.07, 6.45) is 5.92. The largest absolute Gasteiger partial charge is 0.344 e. The van der Waals surface area contributed by atoms with Crippen molar-refractivity contribution in [1.82, 2.24) is 10.3 Å². The quantitative estimate of drug-likeness (QED) is 0.846. The van der Waals surface area contributed by atoms with Crippen LogP contribution in [0.5, 0.6) is 0 Å². The molecule has 2 unspecified atom stereocenters. The highest BCUT2D eigenvalue weighted by molar-refractivity contribution is 9.09. The zero-order chi connectivity index (χ0) is 13.9. The van der Waals surface area contributed by atoms with Crippen LogP contribution in [0.2, 0.25) is 5.02 Å². The lowest BCUT2D eigenvalue weighted by molar-refractivity contribution is 0.0864. The molecule has 5 heteroatoms. The lowest BCUT2D eigenvalue weighted by Crippen LogP contribution is -2.52. The van der Waals surface area contributed by atoms with Gasteiger partial charge in [-0.25, -0.2) is 4.98 Å². The van der Waals surface area contributed by atoms with E-state index >= 15 is 0 Å². The number of halogens is 2. The Morgan fingerprint density at radius 1 is 1.63 bits per heavy atom. The number of aromatic nitrogens is 1. The molecular weight excluding hydrogens is 328 g/mol. The van der Waals surface area contributed by atoms with Gasteiger partial charge in [0, 0.05) is 11.5 Å². The van der Waals surface area contributed by atoms with E-state index in [9.17, 15) is 4.79 Å². The highest BCUT2D eigenvalue weighted by Crippen LogP contribution is 2.33. The summed E-state index contributed by atoms with van der Waals surface area (Å²) >= 11 is 9.33. The third kappa shape index (κ3) is 3.69. The van der Waals surface area contributed by atoms with Gasteiger partial charge in [0.2, 0.25) is 0 Å². The number of alkyl halides is 1. The molecule has 19 heavy (non-hydrogen) atoms. The molecule has 1 amide bonds. The molecule has 2 atom stereocenters. The second-order valence-electron chi connectivity index (χ2n) is 5.43. The lowest BCUT2D eigenvalue weighted by atomic mass is 9.77. The Hall–Kier alpha value is -0.610. The van der Waals surface area contributed by atoms with E-state index in [1.54, 1.807) is 12.1 Å². The molecule has 1 aliphatic carbocycles. The standard InChI is InChI=1S/C14H18BrClN2O/c1-10-3-2-6-14(7-10,9-15)18-13(19)12-5-4-11(16)8-17-12/h4-5,8,10H,2-3,6-7,9H2,1H3,(H,18,19). The van der Waals surface area contributed by atoms with Gasteiger partial charge in [0.1, 0.15) is 5.69 Å². The number of nitrogens with zero attached hydrogens (tertiary/aromatic N) is 1. The van der Waals surface area contributed by atoms with Gasteiger partial charge in [-0.1, -0.05) is 47.3 Å². The first-order chi connectivity index (χ1) is 9.04. The van der Waals surface area contributed by atoms with Gasteiger partial charge >= 0.3 is 0 Å². The monoisotopic (exact) mass is 344 g/mol. The zero-order valence-corrected chi connectivity index (χ0v) is 13.3. The van der Waals surface area contributed by atoms with E-state index in [0.29, 0.717) is 16.6 Å². The van der Waals surface area contributed by atoms with E-state index in [2.05, 4.69) is 33.2 Å². The van der Waals surface area contributed by atoms with Crippen LogP contribution in [-0.2, 0) is 0 Å². The van der Waals surface area contributed by atoms with Crippen molar-refractivity contribution in [2.45, 2.75) is 38.1 Å². The van der Waals surface area contributed by atoms with E-state index in [1.807, 2.05) is 0 Å². The van der Waals surface area contributed by atoms with Crippen LogP contribution in [0.25, 0.3) is 0 Å². The van der Waals surface area contributed by atoms with E-state index in [0.717, 1.165) is 24.6 Å². The molecule has 1 fully saturated rings. The Kier molecular flexibility index (Phi) is 4.85. The predicted octanol–water partition coefficient (Wildman–Crippen LogP) is 3.81. The smallest absolute Gasteiger partial charge is 0.270 e. The summed E-state index contributed by atoms with van der Waals surface area (Å²) in [4.78, 5) is 16.3. The zero-order valence-electron chi connectivity index (χ0n) is 11.0. The molecule has 0 bridgehead atoms. The molecule has 0 aliphatic heterocycles. The molecule has 104 valence electrons. The Balaban J connectivity index is 2.09. The molecule has 3 nitrogen and oxygen atoms in total. The highest BCUT2D eigenvalue weighted by Gasteiger charge is 2.35. The molecule has 2 rings (SSSR count). The summed E-state index contributed by atoms with van der Waals surface area (Å²) in [5.41, 5.74) is 0.277. The van der Waals surface area contributed by atoms with E-state index in [1.165, 1.54) is 12.6 Å². The molecule has 1 aromatic heterocycles. The number of pyridine rings is 1. The average Bonchev–Trinajstić information content (AvgIpc) is 2.39. The first-order valence-corrected chi connectivity index (χ1v) is 8.05. The minimum absolute atomic E-state index is 0.120. The molecule has 1 N–H and O–H groups in total. The maximum atomic E-state index is 12.3. The van der Waals surface area contributed by atoms with Crippen LogP contribution in [0.3, 0.4) is 0 Å². The van der Waals surface area contributed by atoms with E-state index in [4.69, 9.17) is 11.6 Å². The SMILES string of the molecule is CC1CCCC(CBr)(NC(=O)c2ccc(Cl)cn2)C1. The number of hydrogen-bond acceptors (Lipinski definition) is 2. The summed E-state index contributed by atoms with van der Waals surface area (Å²) in [5.74, 6) is 0.523. The van der Waals surface area contributed by atoms with Gasteiger partial charge in [-0.2, -0.15) is 0 Å². The number of rotatable bonds is 3. The van der Waals surface area contributed by atoms with E-state index < -0.39 is 0 Å². The Bertz CT molecular complexity index is 451. The molecule has 0 aromatic carbocycles. The maximum Gasteiger partial charge on any atom is 0.270 e. The first-order valence-electron chi connectivity index (χ1n) is 6.55. The Morgan fingerprint density at radius 3 is 3.00 bits per heavy atom. The Morgan fingerprint density at radius 2 is 2.42 bits per heavy atom. The molecule has 0 radical (unpaired) electrons. The minimum Gasteiger partial charge on any atom is -0.344 e. The van der Waals surface area contributed by atoms with Crippen molar-refractivity contribution in [3.8, 4) is 0 Å². The fraction of sp³-hybridized carbons (Fsp3) is 0.571. The van der Waals surface area contributed by atoms with Crippen LogP contribution in [-0.4, -0.2) is 21.8 Å². The third-order valence-corrected chi connectivity index (χ3v) is 4.98.